The van der Waals surface area contributed by atoms with Crippen LogP contribution >= 0.6 is 11.6 Å². The highest BCUT2D eigenvalue weighted by molar-refractivity contribution is 6.30. The van der Waals surface area contributed by atoms with Crippen molar-refractivity contribution < 1.29 is 17.9 Å². The summed E-state index contributed by atoms with van der Waals surface area (Å²) in [5.74, 6) is 1.12. The Morgan fingerprint density at radius 1 is 1.02 bits per heavy atom. The summed E-state index contributed by atoms with van der Waals surface area (Å²) in [6.07, 6.45) is -1.90. The monoisotopic (exact) mass is 576 g/mol. The number of para-hydroxylation sites is 1. The Balaban J connectivity index is 1.44. The van der Waals surface area contributed by atoms with Gasteiger partial charge in [0.05, 0.1) is 23.4 Å². The maximum absolute atomic E-state index is 13.8. The molecule has 0 unspecified atom stereocenters. The minimum absolute atomic E-state index is 0.139. The van der Waals surface area contributed by atoms with Crippen molar-refractivity contribution in [1.29, 1.82) is 0 Å². The number of rotatable bonds is 5. The predicted octanol–water partition coefficient (Wildman–Crippen LogP) is 8.39. The van der Waals surface area contributed by atoms with Crippen LogP contribution < -0.4 is 4.74 Å². The molecule has 0 saturated carbocycles. The minimum Gasteiger partial charge on any atom is -0.491 e. The minimum atomic E-state index is -4.45. The number of aromatic nitrogens is 3. The van der Waals surface area contributed by atoms with Crippen LogP contribution in [0.1, 0.15) is 36.2 Å². The van der Waals surface area contributed by atoms with Gasteiger partial charge in [0.1, 0.15) is 11.3 Å². The smallest absolute Gasteiger partial charge is 0.416 e. The molecule has 0 fully saturated rings. The van der Waals surface area contributed by atoms with Gasteiger partial charge in [-0.05, 0) is 53.3 Å². The van der Waals surface area contributed by atoms with Gasteiger partial charge in [-0.2, -0.15) is 18.3 Å². The van der Waals surface area contributed by atoms with Gasteiger partial charge in [-0.3, -0.25) is 4.90 Å². The highest BCUT2D eigenvalue weighted by atomic mass is 35.5. The first-order valence-corrected chi connectivity index (χ1v) is 14.1. The molecule has 0 spiro atoms. The quantitative estimate of drug-likeness (QED) is 0.210. The summed E-state index contributed by atoms with van der Waals surface area (Å²) >= 11 is 6.14. The van der Waals surface area contributed by atoms with Crippen molar-refractivity contribution in [1.82, 2.24) is 19.5 Å². The van der Waals surface area contributed by atoms with Gasteiger partial charge < -0.3 is 9.72 Å². The van der Waals surface area contributed by atoms with Crippen LogP contribution in [0.5, 0.6) is 5.75 Å². The summed E-state index contributed by atoms with van der Waals surface area (Å²) < 4.78 is 49.8. The van der Waals surface area contributed by atoms with Crippen LogP contribution in [-0.4, -0.2) is 32.6 Å². The van der Waals surface area contributed by atoms with Gasteiger partial charge in [-0.1, -0.05) is 43.6 Å². The van der Waals surface area contributed by atoms with Crippen LogP contribution in [0.4, 0.5) is 13.2 Å². The van der Waals surface area contributed by atoms with Gasteiger partial charge >= 0.3 is 6.18 Å². The number of fused-ring (bicyclic) bond motifs is 10. The van der Waals surface area contributed by atoms with E-state index >= 15 is 0 Å². The molecule has 7 rings (SSSR count). The Hall–Kier alpha value is -3.75. The van der Waals surface area contributed by atoms with Crippen LogP contribution in [0.15, 0.2) is 60.8 Å². The summed E-state index contributed by atoms with van der Waals surface area (Å²) in [5, 5.41) is 9.70. The molecule has 41 heavy (non-hydrogen) atoms. The van der Waals surface area contributed by atoms with Crippen molar-refractivity contribution in [2.75, 3.05) is 13.2 Å². The standard InChI is InChI=1S/C32H28ClF3N4O/c1-18(2)17-41-28-5-3-4-22-21-7-9-26-23(10-12-37-26)29(21)31-24-16-39(13-11-27(24)38-40(31)30(22)28)15-19-14-20(33)6-8-25(19)32(34,35)36/h3-10,12,14,18,37H,11,13,15-17H2,1-2H3. The molecule has 1 N–H and O–H groups in total. The average Bonchev–Trinajstić information content (AvgIpc) is 3.56. The van der Waals surface area contributed by atoms with Crippen molar-refractivity contribution >= 4 is 49.7 Å². The lowest BCUT2D eigenvalue weighted by atomic mass is 9.97. The SMILES string of the molecule is CC(C)COc1cccc2c3ccc4[nH]ccc4c3c3c4c(nn3c12)CCN(Cc1cc(Cl)ccc1C(F)(F)F)C4. The zero-order chi connectivity index (χ0) is 28.5. The fourth-order valence-corrected chi connectivity index (χ4v) is 6.33. The fraction of sp³-hybridized carbons (Fsp3) is 0.281. The number of halogens is 4. The summed E-state index contributed by atoms with van der Waals surface area (Å²) in [6.45, 7) is 6.01. The maximum atomic E-state index is 13.8. The van der Waals surface area contributed by atoms with Crippen LogP contribution in [0.3, 0.4) is 0 Å². The van der Waals surface area contributed by atoms with E-state index in [1.807, 2.05) is 22.8 Å². The van der Waals surface area contributed by atoms with Crippen LogP contribution in [0, 0.1) is 5.92 Å². The molecule has 0 atom stereocenters. The maximum Gasteiger partial charge on any atom is 0.416 e. The zero-order valence-electron chi connectivity index (χ0n) is 22.6. The number of hydrogen-bond donors (Lipinski definition) is 1. The highest BCUT2D eigenvalue weighted by Crippen LogP contribution is 2.41. The number of ether oxygens (including phenoxy) is 1. The first-order valence-electron chi connectivity index (χ1n) is 13.7. The Morgan fingerprint density at radius 2 is 1.88 bits per heavy atom. The van der Waals surface area contributed by atoms with E-state index in [9.17, 15) is 13.2 Å². The van der Waals surface area contributed by atoms with E-state index in [0.717, 1.165) is 61.2 Å². The van der Waals surface area contributed by atoms with E-state index in [2.05, 4.69) is 48.0 Å². The van der Waals surface area contributed by atoms with Gasteiger partial charge in [-0.15, -0.1) is 0 Å². The number of nitrogens with one attached hydrogen (secondary N) is 1. The van der Waals surface area contributed by atoms with E-state index in [4.69, 9.17) is 21.4 Å². The number of aromatic amines is 1. The van der Waals surface area contributed by atoms with Gasteiger partial charge in [0, 0.05) is 64.5 Å². The topological polar surface area (TPSA) is 45.6 Å². The normalized spacial score (nSPS) is 14.6. The molecule has 1 aliphatic rings. The molecule has 0 aliphatic carbocycles. The average molecular weight is 577 g/mol. The van der Waals surface area contributed by atoms with E-state index in [1.54, 1.807) is 0 Å². The van der Waals surface area contributed by atoms with E-state index < -0.39 is 11.7 Å². The van der Waals surface area contributed by atoms with E-state index in [0.29, 0.717) is 37.1 Å². The number of alkyl halides is 3. The number of nitrogens with zero attached hydrogens (tertiary/aromatic N) is 3. The molecule has 0 bridgehead atoms. The number of hydrogen-bond acceptors (Lipinski definition) is 3. The van der Waals surface area contributed by atoms with Crippen molar-refractivity contribution in [3.8, 4) is 5.75 Å². The molecule has 9 heteroatoms. The zero-order valence-corrected chi connectivity index (χ0v) is 23.4. The van der Waals surface area contributed by atoms with Crippen LogP contribution in [0.25, 0.3) is 38.1 Å². The molecule has 4 heterocycles. The molecule has 6 aromatic rings. The lowest BCUT2D eigenvalue weighted by molar-refractivity contribution is -0.138. The van der Waals surface area contributed by atoms with Crippen molar-refractivity contribution in [3.05, 3.63) is 88.2 Å². The number of H-pyrrole nitrogens is 1. The molecular weight excluding hydrogens is 549 g/mol. The van der Waals surface area contributed by atoms with Gasteiger partial charge in [0.25, 0.3) is 0 Å². The Bertz CT molecular complexity index is 1960. The van der Waals surface area contributed by atoms with E-state index in [1.165, 1.54) is 12.1 Å². The molecule has 0 saturated heterocycles. The van der Waals surface area contributed by atoms with E-state index in [-0.39, 0.29) is 12.1 Å². The van der Waals surface area contributed by atoms with Gasteiger partial charge in [0.2, 0.25) is 0 Å². The van der Waals surface area contributed by atoms with Crippen molar-refractivity contribution in [3.63, 3.8) is 0 Å². The predicted molar refractivity (Wildman–Crippen MR) is 157 cm³/mol. The highest BCUT2D eigenvalue weighted by Gasteiger charge is 2.34. The summed E-state index contributed by atoms with van der Waals surface area (Å²) in [6, 6.07) is 16.2. The molecule has 0 amide bonds. The Kier molecular flexibility index (Phi) is 6.17. The molecular formula is C32H28ClF3N4O. The largest absolute Gasteiger partial charge is 0.491 e. The molecule has 1 aliphatic heterocycles. The summed E-state index contributed by atoms with van der Waals surface area (Å²) in [4.78, 5) is 5.38. The molecule has 5 nitrogen and oxygen atoms in total. The molecule has 3 aromatic carbocycles. The second kappa shape index (κ2) is 9.67. The number of benzene rings is 3. The summed E-state index contributed by atoms with van der Waals surface area (Å²) in [7, 11) is 0. The number of pyridine rings is 1. The van der Waals surface area contributed by atoms with Gasteiger partial charge in [0.15, 0.2) is 0 Å². The third-order valence-electron chi connectivity index (χ3n) is 7.92. The molecule has 3 aromatic heterocycles. The molecule has 0 radical (unpaired) electrons. The van der Waals surface area contributed by atoms with Gasteiger partial charge in [-0.25, -0.2) is 4.52 Å². The Morgan fingerprint density at radius 3 is 2.68 bits per heavy atom. The van der Waals surface area contributed by atoms with Crippen LogP contribution in [-0.2, 0) is 25.7 Å². The second-order valence-electron chi connectivity index (χ2n) is 11.2. The third-order valence-corrected chi connectivity index (χ3v) is 8.16. The second-order valence-corrected chi connectivity index (χ2v) is 11.7. The summed E-state index contributed by atoms with van der Waals surface area (Å²) in [5.41, 5.74) is 4.42. The lowest BCUT2D eigenvalue weighted by Crippen LogP contribution is -2.30. The fourth-order valence-electron chi connectivity index (χ4n) is 6.14. The van der Waals surface area contributed by atoms with Crippen molar-refractivity contribution in [2.24, 2.45) is 5.92 Å². The van der Waals surface area contributed by atoms with Crippen molar-refractivity contribution in [2.45, 2.75) is 39.5 Å². The van der Waals surface area contributed by atoms with Crippen LogP contribution in [0.2, 0.25) is 5.02 Å². The Labute approximate surface area is 239 Å². The lowest BCUT2D eigenvalue weighted by Gasteiger charge is -2.27. The molecule has 210 valence electrons. The first kappa shape index (κ1) is 26.2. The first-order chi connectivity index (χ1) is 19.7. The third kappa shape index (κ3) is 4.41.